The number of hydrogen-bond acceptors (Lipinski definition) is 8. The molecule has 0 spiro atoms. The normalized spacial score (nSPS) is 13.8. The van der Waals surface area contributed by atoms with Crippen molar-refractivity contribution in [2.75, 3.05) is 36.9 Å². The number of nitriles is 1. The largest absolute Gasteiger partial charge is 0.492 e. The lowest BCUT2D eigenvalue weighted by Gasteiger charge is -2.25. The van der Waals surface area contributed by atoms with Gasteiger partial charge in [-0.3, -0.25) is 9.89 Å². The molecule has 2 aromatic heterocycles. The Labute approximate surface area is 192 Å². The molecule has 0 amide bonds. The fourth-order valence-corrected chi connectivity index (χ4v) is 3.96. The highest BCUT2D eigenvalue weighted by molar-refractivity contribution is 5.75. The van der Waals surface area contributed by atoms with Crippen LogP contribution >= 0.6 is 0 Å². The van der Waals surface area contributed by atoms with Crippen LogP contribution in [-0.2, 0) is 0 Å². The summed E-state index contributed by atoms with van der Waals surface area (Å²) in [5.41, 5.74) is 3.06. The molecule has 0 saturated carbocycles. The van der Waals surface area contributed by atoms with Crippen LogP contribution < -0.4 is 20.7 Å². The summed E-state index contributed by atoms with van der Waals surface area (Å²) in [6, 6.07) is 13.2. The lowest BCUT2D eigenvalue weighted by Crippen LogP contribution is -2.27. The molecule has 9 nitrogen and oxygen atoms in total. The van der Waals surface area contributed by atoms with Crippen LogP contribution in [0.3, 0.4) is 0 Å². The van der Waals surface area contributed by atoms with Gasteiger partial charge >= 0.3 is 0 Å². The highest BCUT2D eigenvalue weighted by atomic mass is 16.5. The van der Waals surface area contributed by atoms with Gasteiger partial charge in [0.1, 0.15) is 36.3 Å². The predicted octanol–water partition coefficient (Wildman–Crippen LogP) is 3.50. The Bertz CT molecular complexity index is 1150. The summed E-state index contributed by atoms with van der Waals surface area (Å²) in [6.45, 7) is 4.59. The number of nitrogens with one attached hydrogen (secondary N) is 4. The molecule has 1 aliphatic heterocycles. The molecule has 33 heavy (non-hydrogen) atoms. The van der Waals surface area contributed by atoms with Gasteiger partial charge in [-0.2, -0.15) is 10.4 Å². The molecule has 4 N–H and O–H groups in total. The van der Waals surface area contributed by atoms with Gasteiger partial charge in [0.2, 0.25) is 0 Å². The zero-order chi connectivity index (χ0) is 23.0. The number of benzene rings is 1. The minimum absolute atomic E-state index is 0.285. The van der Waals surface area contributed by atoms with Gasteiger partial charge in [-0.05, 0) is 62.5 Å². The lowest BCUT2D eigenvalue weighted by molar-refractivity contribution is 0.112. The van der Waals surface area contributed by atoms with Crippen LogP contribution in [0.1, 0.15) is 45.9 Å². The van der Waals surface area contributed by atoms with Crippen LogP contribution in [0.2, 0.25) is 0 Å². The van der Waals surface area contributed by atoms with Crippen molar-refractivity contribution in [2.45, 2.75) is 25.7 Å². The van der Waals surface area contributed by atoms with E-state index in [-0.39, 0.29) is 5.92 Å². The van der Waals surface area contributed by atoms with E-state index in [1.807, 2.05) is 19.1 Å². The Morgan fingerprint density at radius 3 is 2.82 bits per heavy atom. The van der Waals surface area contributed by atoms with Gasteiger partial charge in [-0.25, -0.2) is 4.98 Å². The molecule has 4 rings (SSSR count). The summed E-state index contributed by atoms with van der Waals surface area (Å²) >= 11 is 0. The van der Waals surface area contributed by atoms with Gasteiger partial charge in [-0.15, -0.1) is 0 Å². The number of pyridine rings is 1. The second kappa shape index (κ2) is 10.6. The number of aromatic amines is 1. The average Bonchev–Trinajstić information content (AvgIpc) is 3.26. The van der Waals surface area contributed by atoms with Crippen LogP contribution in [0.5, 0.6) is 5.75 Å². The summed E-state index contributed by atoms with van der Waals surface area (Å²) in [4.78, 5) is 15.6. The maximum atomic E-state index is 10.9. The van der Waals surface area contributed by atoms with Crippen LogP contribution in [0, 0.1) is 18.3 Å². The molecular formula is C24H27N7O2. The zero-order valence-electron chi connectivity index (χ0n) is 18.5. The summed E-state index contributed by atoms with van der Waals surface area (Å²) in [7, 11) is 0. The first-order chi connectivity index (χ1) is 16.2. The van der Waals surface area contributed by atoms with Crippen LogP contribution in [0.25, 0.3) is 0 Å². The number of carbonyl (C=O) groups is 1. The van der Waals surface area contributed by atoms with Crippen LogP contribution in [0.15, 0.2) is 36.4 Å². The Morgan fingerprint density at radius 2 is 2.09 bits per heavy atom. The molecule has 0 unspecified atom stereocenters. The molecule has 0 bridgehead atoms. The molecule has 9 heteroatoms. The van der Waals surface area contributed by atoms with E-state index in [1.54, 1.807) is 24.3 Å². The molecular weight excluding hydrogens is 418 g/mol. The number of carbonyl (C=O) groups excluding carboxylic acids is 1. The Hall–Kier alpha value is -3.90. The number of ether oxygens (including phenoxy) is 1. The first kappa shape index (κ1) is 22.3. The van der Waals surface area contributed by atoms with E-state index in [0.717, 1.165) is 43.5 Å². The van der Waals surface area contributed by atoms with Crippen molar-refractivity contribution in [3.63, 3.8) is 0 Å². The predicted molar refractivity (Wildman–Crippen MR) is 126 cm³/mol. The van der Waals surface area contributed by atoms with E-state index in [9.17, 15) is 10.1 Å². The smallest absolute Gasteiger partial charge is 0.153 e. The van der Waals surface area contributed by atoms with Crippen LogP contribution in [-0.4, -0.2) is 47.7 Å². The summed E-state index contributed by atoms with van der Waals surface area (Å²) in [6.07, 6.45) is 2.72. The summed E-state index contributed by atoms with van der Waals surface area (Å²) in [5.74, 6) is 2.73. The van der Waals surface area contributed by atoms with E-state index in [0.29, 0.717) is 47.5 Å². The SMILES string of the molecule is Cc1cc(Nc2cc(C3CCNCC3)c(C#N)c(NCCOc3cccc(C=O)c3)n2)n[nH]1. The van der Waals surface area contributed by atoms with Crippen molar-refractivity contribution >= 4 is 23.7 Å². The van der Waals surface area contributed by atoms with Crippen molar-refractivity contribution in [1.82, 2.24) is 20.5 Å². The van der Waals surface area contributed by atoms with Crippen molar-refractivity contribution in [1.29, 1.82) is 5.26 Å². The molecule has 170 valence electrons. The van der Waals surface area contributed by atoms with Crippen molar-refractivity contribution in [3.05, 3.63) is 58.8 Å². The molecule has 1 aliphatic rings. The molecule has 3 heterocycles. The molecule has 0 atom stereocenters. The maximum absolute atomic E-state index is 10.9. The van der Waals surface area contributed by atoms with Gasteiger partial charge in [0.05, 0.1) is 12.1 Å². The molecule has 1 aromatic carbocycles. The third-order valence-corrected chi connectivity index (χ3v) is 5.56. The Morgan fingerprint density at radius 1 is 1.24 bits per heavy atom. The standard InChI is InChI=1S/C24H27N7O2/c1-16-11-23(31-30-16)28-22-13-20(18-5-7-26-8-6-18)21(14-25)24(29-22)27-9-10-33-19-4-2-3-17(12-19)15-32/h2-4,11-13,15,18,26H,5-10H2,1H3,(H3,27,28,29,30,31). The van der Waals surface area contributed by atoms with E-state index >= 15 is 0 Å². The van der Waals surface area contributed by atoms with Crippen LogP contribution in [0.4, 0.5) is 17.5 Å². The number of piperidine rings is 1. The minimum atomic E-state index is 0.285. The highest BCUT2D eigenvalue weighted by Gasteiger charge is 2.22. The first-order valence-corrected chi connectivity index (χ1v) is 11.0. The Kier molecular flexibility index (Phi) is 7.17. The molecule has 1 fully saturated rings. The highest BCUT2D eigenvalue weighted by Crippen LogP contribution is 2.33. The number of H-pyrrole nitrogens is 1. The quantitative estimate of drug-likeness (QED) is 0.291. The minimum Gasteiger partial charge on any atom is -0.492 e. The van der Waals surface area contributed by atoms with E-state index < -0.39 is 0 Å². The van der Waals surface area contributed by atoms with E-state index in [1.165, 1.54) is 0 Å². The third kappa shape index (κ3) is 5.67. The molecule has 1 saturated heterocycles. The number of anilines is 3. The fraction of sp³-hybridized carbons (Fsp3) is 0.333. The van der Waals surface area contributed by atoms with Crippen molar-refractivity contribution < 1.29 is 9.53 Å². The monoisotopic (exact) mass is 445 g/mol. The molecule has 3 aromatic rings. The molecule has 0 aliphatic carbocycles. The summed E-state index contributed by atoms with van der Waals surface area (Å²) < 4.78 is 5.75. The summed E-state index contributed by atoms with van der Waals surface area (Å²) in [5, 5.41) is 27.0. The third-order valence-electron chi connectivity index (χ3n) is 5.56. The zero-order valence-corrected chi connectivity index (χ0v) is 18.5. The second-order valence-corrected chi connectivity index (χ2v) is 7.98. The van der Waals surface area contributed by atoms with E-state index in [4.69, 9.17) is 4.74 Å². The topological polar surface area (TPSA) is 128 Å². The maximum Gasteiger partial charge on any atom is 0.153 e. The Balaban J connectivity index is 1.53. The van der Waals surface area contributed by atoms with Crippen molar-refractivity contribution in [2.24, 2.45) is 0 Å². The fourth-order valence-electron chi connectivity index (χ4n) is 3.96. The van der Waals surface area contributed by atoms with Gasteiger partial charge < -0.3 is 20.7 Å². The molecule has 0 radical (unpaired) electrons. The van der Waals surface area contributed by atoms with Gasteiger partial charge in [-0.1, -0.05) is 12.1 Å². The number of aldehydes is 1. The van der Waals surface area contributed by atoms with Gasteiger partial charge in [0, 0.05) is 17.3 Å². The first-order valence-electron chi connectivity index (χ1n) is 11.0. The lowest BCUT2D eigenvalue weighted by atomic mass is 9.87. The average molecular weight is 446 g/mol. The number of nitrogens with zero attached hydrogens (tertiary/aromatic N) is 3. The number of aryl methyl sites for hydroxylation is 1. The number of aromatic nitrogens is 3. The van der Waals surface area contributed by atoms with Crippen molar-refractivity contribution in [3.8, 4) is 11.8 Å². The van der Waals surface area contributed by atoms with Gasteiger partial charge in [0.25, 0.3) is 0 Å². The van der Waals surface area contributed by atoms with E-state index in [2.05, 4.69) is 37.2 Å². The van der Waals surface area contributed by atoms with Gasteiger partial charge in [0.15, 0.2) is 5.82 Å². The number of hydrogen-bond donors (Lipinski definition) is 4. The number of rotatable bonds is 9. The second-order valence-electron chi connectivity index (χ2n) is 7.98.